The van der Waals surface area contributed by atoms with Crippen LogP contribution < -0.4 is 4.57 Å². The van der Waals surface area contributed by atoms with E-state index >= 15 is 0 Å². The lowest BCUT2D eigenvalue weighted by atomic mass is 9.98. The van der Waals surface area contributed by atoms with E-state index in [-0.39, 0.29) is 0 Å². The van der Waals surface area contributed by atoms with Crippen molar-refractivity contribution >= 4 is 21.5 Å². The van der Waals surface area contributed by atoms with Crippen LogP contribution in [0.15, 0.2) is 73.3 Å². The lowest BCUT2D eigenvalue weighted by molar-refractivity contribution is -0.698. The first kappa shape index (κ1) is 16.7. The zero-order valence-electron chi connectivity index (χ0n) is 15.7. The predicted octanol–water partition coefficient (Wildman–Crippen LogP) is 5.60. The predicted molar refractivity (Wildman–Crippen MR) is 108 cm³/mol. The van der Waals surface area contributed by atoms with Crippen molar-refractivity contribution in [2.75, 3.05) is 0 Å². The fourth-order valence-electron chi connectivity index (χ4n) is 3.56. The second kappa shape index (κ2) is 6.87. The SMILES string of the molecule is CC(C)c1ccc2c[n+](CC(C)c3ccc4ccncc4c3)ccc2c1. The van der Waals surface area contributed by atoms with Crippen LogP contribution in [0, 0.1) is 0 Å². The normalized spacial score (nSPS) is 12.8. The van der Waals surface area contributed by atoms with Crippen LogP contribution >= 0.6 is 0 Å². The summed E-state index contributed by atoms with van der Waals surface area (Å²) in [6.45, 7) is 7.74. The average Bonchev–Trinajstić information content (AvgIpc) is 2.67. The fraction of sp³-hybridized carbons (Fsp3) is 0.250. The molecule has 0 N–H and O–H groups in total. The zero-order valence-corrected chi connectivity index (χ0v) is 15.7. The first-order valence-corrected chi connectivity index (χ1v) is 9.36. The third kappa shape index (κ3) is 3.32. The van der Waals surface area contributed by atoms with Gasteiger partial charge in [-0.25, -0.2) is 4.57 Å². The molecule has 130 valence electrons. The van der Waals surface area contributed by atoms with Crippen molar-refractivity contribution in [1.29, 1.82) is 0 Å². The summed E-state index contributed by atoms with van der Waals surface area (Å²) < 4.78 is 2.30. The number of fused-ring (bicyclic) bond motifs is 2. The number of benzene rings is 2. The Kier molecular flexibility index (Phi) is 4.42. The topological polar surface area (TPSA) is 16.8 Å². The van der Waals surface area contributed by atoms with Gasteiger partial charge in [-0.3, -0.25) is 4.98 Å². The molecule has 0 aliphatic heterocycles. The molecule has 1 atom stereocenters. The van der Waals surface area contributed by atoms with Crippen molar-refractivity contribution < 1.29 is 4.57 Å². The molecular weight excluding hydrogens is 316 g/mol. The van der Waals surface area contributed by atoms with E-state index in [1.165, 1.54) is 32.7 Å². The van der Waals surface area contributed by atoms with Gasteiger partial charge < -0.3 is 0 Å². The van der Waals surface area contributed by atoms with Gasteiger partial charge in [-0.15, -0.1) is 0 Å². The van der Waals surface area contributed by atoms with Crippen LogP contribution in [-0.4, -0.2) is 4.98 Å². The molecule has 0 radical (unpaired) electrons. The van der Waals surface area contributed by atoms with E-state index in [4.69, 9.17) is 0 Å². The first-order valence-electron chi connectivity index (χ1n) is 9.36. The maximum Gasteiger partial charge on any atom is 0.176 e. The summed E-state index contributed by atoms with van der Waals surface area (Å²) in [5.41, 5.74) is 2.75. The summed E-state index contributed by atoms with van der Waals surface area (Å²) in [4.78, 5) is 4.25. The van der Waals surface area contributed by atoms with E-state index < -0.39 is 0 Å². The van der Waals surface area contributed by atoms with Crippen molar-refractivity contribution in [3.63, 3.8) is 0 Å². The molecule has 2 heterocycles. The van der Waals surface area contributed by atoms with Crippen LogP contribution in [0.1, 0.15) is 43.7 Å². The van der Waals surface area contributed by atoms with Gasteiger partial charge in [0, 0.05) is 35.2 Å². The number of hydrogen-bond acceptors (Lipinski definition) is 1. The zero-order chi connectivity index (χ0) is 18.1. The molecular formula is C24H25N2+. The summed E-state index contributed by atoms with van der Waals surface area (Å²) in [6.07, 6.45) is 8.26. The molecule has 0 fully saturated rings. The van der Waals surface area contributed by atoms with Gasteiger partial charge in [0.2, 0.25) is 0 Å². The van der Waals surface area contributed by atoms with Gasteiger partial charge >= 0.3 is 0 Å². The summed E-state index contributed by atoms with van der Waals surface area (Å²) in [7, 11) is 0. The molecule has 2 nitrogen and oxygen atoms in total. The monoisotopic (exact) mass is 341 g/mol. The molecule has 0 amide bonds. The van der Waals surface area contributed by atoms with Crippen LogP contribution in [0.3, 0.4) is 0 Å². The lowest BCUT2D eigenvalue weighted by Crippen LogP contribution is -2.35. The van der Waals surface area contributed by atoms with Gasteiger partial charge in [0.25, 0.3) is 0 Å². The van der Waals surface area contributed by atoms with Crippen molar-refractivity contribution in [3.05, 3.63) is 84.4 Å². The molecule has 4 rings (SSSR count). The first-order chi connectivity index (χ1) is 12.6. The maximum atomic E-state index is 4.25. The van der Waals surface area contributed by atoms with Crippen LogP contribution in [0.5, 0.6) is 0 Å². The third-order valence-electron chi connectivity index (χ3n) is 5.25. The van der Waals surface area contributed by atoms with E-state index in [1.807, 2.05) is 12.4 Å². The van der Waals surface area contributed by atoms with Crippen LogP contribution in [0.2, 0.25) is 0 Å². The Morgan fingerprint density at radius 3 is 2.42 bits per heavy atom. The Hall–Kier alpha value is -2.74. The molecule has 1 unspecified atom stereocenters. The minimum absolute atomic E-state index is 0.442. The van der Waals surface area contributed by atoms with E-state index in [2.05, 4.69) is 91.2 Å². The summed E-state index contributed by atoms with van der Waals surface area (Å²) in [6, 6.07) is 17.8. The molecule has 26 heavy (non-hydrogen) atoms. The van der Waals surface area contributed by atoms with Crippen LogP contribution in [-0.2, 0) is 6.54 Å². The van der Waals surface area contributed by atoms with Crippen LogP contribution in [0.25, 0.3) is 21.5 Å². The smallest absolute Gasteiger partial charge is 0.176 e. The van der Waals surface area contributed by atoms with Gasteiger partial charge in [-0.05, 0) is 46.0 Å². The van der Waals surface area contributed by atoms with E-state index in [0.29, 0.717) is 11.8 Å². The summed E-state index contributed by atoms with van der Waals surface area (Å²) in [5, 5.41) is 5.07. The summed E-state index contributed by atoms with van der Waals surface area (Å²) >= 11 is 0. The molecule has 2 aromatic heterocycles. The molecule has 0 bridgehead atoms. The van der Waals surface area contributed by atoms with Gasteiger partial charge in [-0.1, -0.05) is 45.0 Å². The number of aromatic nitrogens is 2. The highest BCUT2D eigenvalue weighted by molar-refractivity contribution is 5.82. The van der Waals surface area contributed by atoms with Crippen molar-refractivity contribution in [2.24, 2.45) is 0 Å². The minimum atomic E-state index is 0.442. The molecule has 2 aromatic carbocycles. The van der Waals surface area contributed by atoms with Crippen molar-refractivity contribution in [1.82, 2.24) is 4.98 Å². The van der Waals surface area contributed by atoms with Crippen molar-refractivity contribution in [3.8, 4) is 0 Å². The molecule has 0 aliphatic rings. The van der Waals surface area contributed by atoms with E-state index in [1.54, 1.807) is 0 Å². The third-order valence-corrected chi connectivity index (χ3v) is 5.25. The Morgan fingerprint density at radius 1 is 0.808 bits per heavy atom. The van der Waals surface area contributed by atoms with Crippen LogP contribution in [0.4, 0.5) is 0 Å². The lowest BCUT2D eigenvalue weighted by Gasteiger charge is -2.11. The average molecular weight is 341 g/mol. The highest BCUT2D eigenvalue weighted by Gasteiger charge is 2.13. The second-order valence-electron chi connectivity index (χ2n) is 7.57. The molecule has 0 saturated carbocycles. The maximum absolute atomic E-state index is 4.25. The number of pyridine rings is 2. The largest absolute Gasteiger partial charge is 0.264 e. The Bertz CT molecular complexity index is 1070. The van der Waals surface area contributed by atoms with Crippen molar-refractivity contribution in [2.45, 2.75) is 39.2 Å². The van der Waals surface area contributed by atoms with Gasteiger partial charge in [-0.2, -0.15) is 0 Å². The molecule has 0 saturated heterocycles. The fourth-order valence-corrected chi connectivity index (χ4v) is 3.56. The molecule has 0 spiro atoms. The number of nitrogens with zero attached hydrogens (tertiary/aromatic N) is 2. The quantitative estimate of drug-likeness (QED) is 0.441. The molecule has 0 aliphatic carbocycles. The minimum Gasteiger partial charge on any atom is -0.264 e. The van der Waals surface area contributed by atoms with E-state index in [0.717, 1.165) is 6.54 Å². The molecule has 4 aromatic rings. The van der Waals surface area contributed by atoms with Gasteiger partial charge in [0.05, 0.1) is 0 Å². The van der Waals surface area contributed by atoms with Gasteiger partial charge in [0.1, 0.15) is 0 Å². The Morgan fingerprint density at radius 2 is 1.58 bits per heavy atom. The highest BCUT2D eigenvalue weighted by atomic mass is 14.9. The Balaban J connectivity index is 1.59. The number of rotatable bonds is 4. The molecule has 2 heteroatoms. The Labute approximate surface area is 155 Å². The standard InChI is InChI=1S/C24H25N2/c1-17(2)20-5-7-23-16-26(11-9-22(23)12-20)15-18(3)21-6-4-19-8-10-25-14-24(19)13-21/h4-14,16-18H,15H2,1-3H3/q+1. The van der Waals surface area contributed by atoms with Gasteiger partial charge in [0.15, 0.2) is 18.9 Å². The number of hydrogen-bond donors (Lipinski definition) is 0. The van der Waals surface area contributed by atoms with E-state index in [9.17, 15) is 0 Å². The second-order valence-corrected chi connectivity index (χ2v) is 7.57. The summed E-state index contributed by atoms with van der Waals surface area (Å²) in [5.74, 6) is 1.01. The highest BCUT2D eigenvalue weighted by Crippen LogP contribution is 2.23.